The molecular weight excluding hydrogens is 170 g/mol. The van der Waals surface area contributed by atoms with Crippen LogP contribution in [0.2, 0.25) is 0 Å². The van der Waals surface area contributed by atoms with Gasteiger partial charge in [0.05, 0.1) is 0 Å². The molecule has 0 amide bonds. The van der Waals surface area contributed by atoms with E-state index in [1.165, 1.54) is 25.7 Å². The summed E-state index contributed by atoms with van der Waals surface area (Å²) in [4.78, 5) is 0. The highest BCUT2D eigenvalue weighted by Gasteiger charge is 2.20. The molecule has 1 aliphatic carbocycles. The summed E-state index contributed by atoms with van der Waals surface area (Å²) in [5, 5.41) is 3.46. The Balaban J connectivity index is 1.95. The Labute approximate surface area is 89.0 Å². The number of nitrogens with one attached hydrogen (secondary N) is 1. The van der Waals surface area contributed by atoms with Crippen LogP contribution in [0.5, 0.6) is 0 Å². The highest BCUT2D eigenvalue weighted by atomic mass is 14.8. The number of rotatable bonds is 7. The zero-order valence-corrected chi connectivity index (χ0v) is 9.97. The molecule has 0 heterocycles. The Kier molecular flexibility index (Phi) is 5.24. The molecule has 0 aromatic rings. The van der Waals surface area contributed by atoms with Crippen molar-refractivity contribution in [2.45, 2.75) is 46.5 Å². The lowest BCUT2D eigenvalue weighted by Crippen LogP contribution is -2.20. The van der Waals surface area contributed by atoms with E-state index < -0.39 is 0 Å². The lowest BCUT2D eigenvalue weighted by Gasteiger charge is -2.05. The number of allylic oxidation sites excluding steroid dienone is 1. The molecule has 0 bridgehead atoms. The summed E-state index contributed by atoms with van der Waals surface area (Å²) in [6.07, 6.45) is 7.90. The second-order valence-electron chi connectivity index (χ2n) is 5.08. The highest BCUT2D eigenvalue weighted by Crippen LogP contribution is 2.34. The monoisotopic (exact) mass is 195 g/mol. The van der Waals surface area contributed by atoms with Crippen LogP contribution in [0, 0.1) is 11.8 Å². The van der Waals surface area contributed by atoms with Gasteiger partial charge in [0.1, 0.15) is 0 Å². The van der Waals surface area contributed by atoms with Crippen LogP contribution in [0.3, 0.4) is 0 Å². The van der Waals surface area contributed by atoms with E-state index in [9.17, 15) is 0 Å². The average Bonchev–Trinajstić information content (AvgIpc) is 2.87. The summed E-state index contributed by atoms with van der Waals surface area (Å²) >= 11 is 0. The van der Waals surface area contributed by atoms with Gasteiger partial charge in [0.15, 0.2) is 0 Å². The molecule has 0 aromatic carbocycles. The normalized spacial score (nSPS) is 17.9. The Morgan fingerprint density at radius 3 is 2.71 bits per heavy atom. The fourth-order valence-corrected chi connectivity index (χ4v) is 1.67. The molecule has 1 rings (SSSR count). The zero-order chi connectivity index (χ0) is 10.4. The van der Waals surface area contributed by atoms with Gasteiger partial charge in [0, 0.05) is 0 Å². The lowest BCUT2D eigenvalue weighted by molar-refractivity contribution is 0.556. The van der Waals surface area contributed by atoms with Crippen LogP contribution in [0.1, 0.15) is 46.5 Å². The van der Waals surface area contributed by atoms with Crippen LogP contribution in [0.4, 0.5) is 0 Å². The van der Waals surface area contributed by atoms with Gasteiger partial charge in [-0.15, -0.1) is 0 Å². The fraction of sp³-hybridized carbons (Fsp3) is 0.846. The van der Waals surface area contributed by atoms with Gasteiger partial charge in [-0.2, -0.15) is 0 Å². The Hall–Kier alpha value is -0.300. The van der Waals surface area contributed by atoms with Crippen LogP contribution < -0.4 is 5.32 Å². The molecule has 0 aliphatic heterocycles. The van der Waals surface area contributed by atoms with Gasteiger partial charge in [-0.05, 0) is 57.5 Å². The maximum absolute atomic E-state index is 3.46. The number of hydrogen-bond acceptors (Lipinski definition) is 1. The molecule has 1 heteroatoms. The van der Waals surface area contributed by atoms with Crippen molar-refractivity contribution in [2.75, 3.05) is 13.1 Å². The Morgan fingerprint density at radius 2 is 2.14 bits per heavy atom. The van der Waals surface area contributed by atoms with E-state index in [0.29, 0.717) is 0 Å². The second-order valence-corrected chi connectivity index (χ2v) is 5.08. The number of hydrogen-bond donors (Lipinski definition) is 1. The molecule has 0 radical (unpaired) electrons. The summed E-state index contributed by atoms with van der Waals surface area (Å²) in [6.45, 7) is 9.07. The fourth-order valence-electron chi connectivity index (χ4n) is 1.67. The van der Waals surface area contributed by atoms with Gasteiger partial charge < -0.3 is 5.32 Å². The van der Waals surface area contributed by atoms with E-state index in [0.717, 1.165) is 24.9 Å². The van der Waals surface area contributed by atoms with E-state index in [4.69, 9.17) is 0 Å². The molecule has 0 spiro atoms. The Morgan fingerprint density at radius 1 is 1.43 bits per heavy atom. The third-order valence-corrected chi connectivity index (χ3v) is 2.67. The molecule has 1 nitrogen and oxygen atoms in total. The van der Waals surface area contributed by atoms with Gasteiger partial charge >= 0.3 is 0 Å². The predicted molar refractivity (Wildman–Crippen MR) is 63.4 cm³/mol. The standard InChI is InChI=1S/C13H25N/c1-11(2)10-14-8-4-5-12(3)9-13-6-7-13/h5,11,13-14H,4,6-10H2,1-3H3. The van der Waals surface area contributed by atoms with Gasteiger partial charge in [0.2, 0.25) is 0 Å². The topological polar surface area (TPSA) is 12.0 Å². The first kappa shape index (κ1) is 11.8. The largest absolute Gasteiger partial charge is 0.316 e. The third-order valence-electron chi connectivity index (χ3n) is 2.67. The SMILES string of the molecule is CC(=CCCNCC(C)C)CC1CC1. The molecule has 1 saturated carbocycles. The minimum Gasteiger partial charge on any atom is -0.316 e. The third kappa shape index (κ3) is 6.20. The summed E-state index contributed by atoms with van der Waals surface area (Å²) in [5.41, 5.74) is 1.60. The molecule has 82 valence electrons. The van der Waals surface area contributed by atoms with Crippen molar-refractivity contribution in [2.24, 2.45) is 11.8 Å². The molecule has 0 atom stereocenters. The summed E-state index contributed by atoms with van der Waals surface area (Å²) in [7, 11) is 0. The molecule has 0 saturated heterocycles. The zero-order valence-electron chi connectivity index (χ0n) is 9.97. The quantitative estimate of drug-likeness (QED) is 0.485. The van der Waals surface area contributed by atoms with Gasteiger partial charge in [-0.1, -0.05) is 25.5 Å². The summed E-state index contributed by atoms with van der Waals surface area (Å²) < 4.78 is 0. The van der Waals surface area contributed by atoms with Crippen molar-refractivity contribution >= 4 is 0 Å². The predicted octanol–water partition coefficient (Wildman–Crippen LogP) is 3.37. The van der Waals surface area contributed by atoms with Crippen molar-refractivity contribution in [1.82, 2.24) is 5.32 Å². The maximum Gasteiger partial charge on any atom is -0.00141 e. The van der Waals surface area contributed by atoms with Crippen LogP contribution >= 0.6 is 0 Å². The van der Waals surface area contributed by atoms with E-state index in [1.807, 2.05) is 0 Å². The molecular formula is C13H25N. The summed E-state index contributed by atoms with van der Waals surface area (Å²) in [5.74, 6) is 1.81. The van der Waals surface area contributed by atoms with E-state index in [2.05, 4.69) is 32.2 Å². The minimum absolute atomic E-state index is 0.770. The van der Waals surface area contributed by atoms with Crippen molar-refractivity contribution in [3.05, 3.63) is 11.6 Å². The van der Waals surface area contributed by atoms with E-state index >= 15 is 0 Å². The molecule has 14 heavy (non-hydrogen) atoms. The molecule has 0 aromatic heterocycles. The first-order chi connectivity index (χ1) is 6.68. The van der Waals surface area contributed by atoms with E-state index in [1.54, 1.807) is 5.57 Å². The van der Waals surface area contributed by atoms with Crippen LogP contribution in [0.25, 0.3) is 0 Å². The minimum atomic E-state index is 0.770. The van der Waals surface area contributed by atoms with Gasteiger partial charge in [-0.3, -0.25) is 0 Å². The Bertz CT molecular complexity index is 178. The van der Waals surface area contributed by atoms with Crippen LogP contribution in [0.15, 0.2) is 11.6 Å². The molecule has 0 unspecified atom stereocenters. The van der Waals surface area contributed by atoms with Gasteiger partial charge in [0.25, 0.3) is 0 Å². The molecule has 1 aliphatic rings. The highest BCUT2D eigenvalue weighted by molar-refractivity contribution is 5.01. The maximum atomic E-state index is 3.46. The van der Waals surface area contributed by atoms with E-state index in [-0.39, 0.29) is 0 Å². The summed E-state index contributed by atoms with van der Waals surface area (Å²) in [6, 6.07) is 0. The van der Waals surface area contributed by atoms with Crippen molar-refractivity contribution in [3.63, 3.8) is 0 Å². The average molecular weight is 195 g/mol. The van der Waals surface area contributed by atoms with Gasteiger partial charge in [-0.25, -0.2) is 0 Å². The van der Waals surface area contributed by atoms with Crippen molar-refractivity contribution in [3.8, 4) is 0 Å². The first-order valence-corrected chi connectivity index (χ1v) is 6.05. The second kappa shape index (κ2) is 6.23. The van der Waals surface area contributed by atoms with Crippen LogP contribution in [-0.2, 0) is 0 Å². The lowest BCUT2D eigenvalue weighted by atomic mass is 10.1. The van der Waals surface area contributed by atoms with Crippen molar-refractivity contribution in [1.29, 1.82) is 0 Å². The molecule has 1 N–H and O–H groups in total. The molecule has 1 fully saturated rings. The smallest absolute Gasteiger partial charge is 0.00141 e. The first-order valence-electron chi connectivity index (χ1n) is 6.05. The van der Waals surface area contributed by atoms with Crippen molar-refractivity contribution < 1.29 is 0 Å². The van der Waals surface area contributed by atoms with Crippen LogP contribution in [-0.4, -0.2) is 13.1 Å².